The maximum absolute atomic E-state index is 13.0. The van der Waals surface area contributed by atoms with Crippen molar-refractivity contribution in [3.63, 3.8) is 0 Å². The zero-order chi connectivity index (χ0) is 18.9. The van der Waals surface area contributed by atoms with E-state index in [9.17, 15) is 18.0 Å². The average Bonchev–Trinajstić information content (AvgIpc) is 3.12. The van der Waals surface area contributed by atoms with Gasteiger partial charge in [0.05, 0.1) is 4.90 Å². The van der Waals surface area contributed by atoms with Crippen molar-refractivity contribution in [2.24, 2.45) is 5.73 Å². The Hall–Kier alpha value is -2.33. The number of benzene rings is 1. The molecule has 3 rings (SSSR count). The van der Waals surface area contributed by atoms with E-state index in [0.717, 1.165) is 4.31 Å². The van der Waals surface area contributed by atoms with E-state index in [1.165, 1.54) is 25.1 Å². The Morgan fingerprint density at radius 3 is 2.65 bits per heavy atom. The first-order valence-electron chi connectivity index (χ1n) is 8.22. The van der Waals surface area contributed by atoms with Crippen LogP contribution in [0.4, 0.5) is 0 Å². The lowest BCUT2D eigenvalue weighted by molar-refractivity contribution is -0.156. The molecule has 0 bridgehead atoms. The van der Waals surface area contributed by atoms with Crippen molar-refractivity contribution in [3.05, 3.63) is 18.2 Å². The highest BCUT2D eigenvalue weighted by atomic mass is 32.2. The number of rotatable bonds is 5. The van der Waals surface area contributed by atoms with Crippen LogP contribution in [0.5, 0.6) is 11.5 Å². The number of carbonyl (C=O) groups excluding carboxylic acids is 2. The van der Waals surface area contributed by atoms with Crippen LogP contribution in [-0.2, 0) is 24.3 Å². The average molecular weight is 384 g/mol. The number of hydrogen-bond acceptors (Lipinski definition) is 7. The van der Waals surface area contributed by atoms with Crippen LogP contribution in [0, 0.1) is 0 Å². The predicted octanol–water partition coefficient (Wildman–Crippen LogP) is 0.0279. The fraction of sp³-hybridized carbons (Fsp3) is 0.500. The van der Waals surface area contributed by atoms with E-state index in [2.05, 4.69) is 0 Å². The molecule has 1 fully saturated rings. The molecule has 10 heteroatoms. The summed E-state index contributed by atoms with van der Waals surface area (Å²) >= 11 is 0. The van der Waals surface area contributed by atoms with Crippen LogP contribution in [0.15, 0.2) is 23.1 Å². The molecule has 0 unspecified atom stereocenters. The highest BCUT2D eigenvalue weighted by molar-refractivity contribution is 7.89. The predicted molar refractivity (Wildman–Crippen MR) is 89.1 cm³/mol. The minimum Gasteiger partial charge on any atom is -0.486 e. The summed E-state index contributed by atoms with van der Waals surface area (Å²) in [6.45, 7) is 2.26. The van der Waals surface area contributed by atoms with Gasteiger partial charge in [-0.25, -0.2) is 8.42 Å². The number of esters is 1. The lowest BCUT2D eigenvalue weighted by atomic mass is 10.2. The largest absolute Gasteiger partial charge is 0.486 e. The number of nitrogens with zero attached hydrogens (tertiary/aromatic N) is 1. The summed E-state index contributed by atoms with van der Waals surface area (Å²) in [7, 11) is -3.94. The van der Waals surface area contributed by atoms with Crippen molar-refractivity contribution in [1.82, 2.24) is 4.31 Å². The SMILES string of the molecule is C[C@H](OC(=O)[C@@H]1CCCN1S(=O)(=O)c1ccc2c(c1)OCCO2)C(N)=O. The van der Waals surface area contributed by atoms with E-state index in [1.54, 1.807) is 0 Å². The Balaban J connectivity index is 1.84. The van der Waals surface area contributed by atoms with Crippen LogP contribution in [-0.4, -0.2) is 56.5 Å². The minimum absolute atomic E-state index is 0.00407. The number of nitrogens with two attached hydrogens (primary N) is 1. The van der Waals surface area contributed by atoms with E-state index >= 15 is 0 Å². The van der Waals surface area contributed by atoms with Gasteiger partial charge in [0.15, 0.2) is 17.6 Å². The van der Waals surface area contributed by atoms with Gasteiger partial charge in [0.25, 0.3) is 5.91 Å². The molecule has 2 N–H and O–H groups in total. The maximum atomic E-state index is 13.0. The van der Waals surface area contributed by atoms with Crippen LogP contribution in [0.2, 0.25) is 0 Å². The first-order valence-corrected chi connectivity index (χ1v) is 9.66. The first-order chi connectivity index (χ1) is 12.3. The highest BCUT2D eigenvalue weighted by Gasteiger charge is 2.41. The fourth-order valence-corrected chi connectivity index (χ4v) is 4.56. The van der Waals surface area contributed by atoms with Gasteiger partial charge in [-0.1, -0.05) is 0 Å². The third-order valence-electron chi connectivity index (χ3n) is 4.29. The van der Waals surface area contributed by atoms with Crippen LogP contribution >= 0.6 is 0 Å². The molecule has 2 aliphatic rings. The monoisotopic (exact) mass is 384 g/mol. The number of primary amides is 1. The van der Waals surface area contributed by atoms with Crippen LogP contribution < -0.4 is 15.2 Å². The van der Waals surface area contributed by atoms with Gasteiger partial charge in [0.2, 0.25) is 10.0 Å². The minimum atomic E-state index is -3.94. The van der Waals surface area contributed by atoms with Crippen molar-refractivity contribution in [2.45, 2.75) is 36.8 Å². The fourth-order valence-electron chi connectivity index (χ4n) is 2.89. The molecule has 1 saturated heterocycles. The third kappa shape index (κ3) is 3.47. The second-order valence-electron chi connectivity index (χ2n) is 6.06. The van der Waals surface area contributed by atoms with E-state index in [0.29, 0.717) is 37.6 Å². The van der Waals surface area contributed by atoms with E-state index < -0.39 is 34.0 Å². The van der Waals surface area contributed by atoms with Crippen molar-refractivity contribution in [3.8, 4) is 11.5 Å². The van der Waals surface area contributed by atoms with Gasteiger partial charge < -0.3 is 19.9 Å². The van der Waals surface area contributed by atoms with Crippen molar-refractivity contribution in [1.29, 1.82) is 0 Å². The van der Waals surface area contributed by atoms with E-state index in [-0.39, 0.29) is 11.4 Å². The van der Waals surface area contributed by atoms with Crippen molar-refractivity contribution < 1.29 is 32.2 Å². The molecule has 9 nitrogen and oxygen atoms in total. The van der Waals surface area contributed by atoms with Crippen LogP contribution in [0.25, 0.3) is 0 Å². The van der Waals surface area contributed by atoms with Gasteiger partial charge in [-0.15, -0.1) is 0 Å². The van der Waals surface area contributed by atoms with E-state index in [1.807, 2.05) is 0 Å². The Labute approximate surface area is 151 Å². The summed E-state index contributed by atoms with van der Waals surface area (Å²) in [5.41, 5.74) is 5.09. The number of ether oxygens (including phenoxy) is 3. The molecule has 0 spiro atoms. The summed E-state index contributed by atoms with van der Waals surface area (Å²) in [5, 5.41) is 0. The van der Waals surface area contributed by atoms with E-state index in [4.69, 9.17) is 19.9 Å². The molecule has 0 saturated carbocycles. The topological polar surface area (TPSA) is 125 Å². The lowest BCUT2D eigenvalue weighted by Crippen LogP contribution is -2.43. The number of sulfonamides is 1. The summed E-state index contributed by atoms with van der Waals surface area (Å²) < 4.78 is 42.9. The number of amides is 1. The van der Waals surface area contributed by atoms with Gasteiger partial charge in [0, 0.05) is 12.6 Å². The molecular weight excluding hydrogens is 364 g/mol. The van der Waals surface area contributed by atoms with Crippen molar-refractivity contribution >= 4 is 21.9 Å². The second-order valence-corrected chi connectivity index (χ2v) is 7.95. The van der Waals surface area contributed by atoms with Gasteiger partial charge >= 0.3 is 5.97 Å². The first kappa shape index (κ1) is 18.5. The zero-order valence-electron chi connectivity index (χ0n) is 14.2. The van der Waals surface area contributed by atoms with Gasteiger partial charge in [-0.2, -0.15) is 4.31 Å². The standard InChI is InChI=1S/C16H20N2O7S/c1-10(15(17)19)25-16(20)12-3-2-6-18(12)26(21,22)11-4-5-13-14(9-11)24-8-7-23-13/h4-5,9-10,12H,2-3,6-8H2,1H3,(H2,17,19)/t10-,12-/m0/s1. The number of carbonyl (C=O) groups is 2. The Morgan fingerprint density at radius 1 is 1.27 bits per heavy atom. The van der Waals surface area contributed by atoms with Gasteiger partial charge in [-0.05, 0) is 31.9 Å². The summed E-state index contributed by atoms with van der Waals surface area (Å²) in [4.78, 5) is 23.4. The molecule has 2 atom stereocenters. The lowest BCUT2D eigenvalue weighted by Gasteiger charge is -2.24. The highest BCUT2D eigenvalue weighted by Crippen LogP contribution is 2.35. The molecule has 0 aliphatic carbocycles. The Kier molecular flexibility index (Phi) is 5.05. The summed E-state index contributed by atoms with van der Waals surface area (Å²) in [5.74, 6) is -0.756. The van der Waals surface area contributed by atoms with Crippen LogP contribution in [0.3, 0.4) is 0 Å². The summed E-state index contributed by atoms with van der Waals surface area (Å²) in [6, 6.07) is 3.33. The maximum Gasteiger partial charge on any atom is 0.325 e. The van der Waals surface area contributed by atoms with Gasteiger partial charge in [0.1, 0.15) is 19.3 Å². The molecule has 1 aromatic rings. The zero-order valence-corrected chi connectivity index (χ0v) is 15.0. The molecular formula is C16H20N2O7S. The number of fused-ring (bicyclic) bond motifs is 1. The molecule has 0 radical (unpaired) electrons. The molecule has 142 valence electrons. The number of hydrogen-bond donors (Lipinski definition) is 1. The molecule has 1 aromatic carbocycles. The Bertz CT molecular complexity index is 824. The van der Waals surface area contributed by atoms with Gasteiger partial charge in [-0.3, -0.25) is 9.59 Å². The molecule has 1 amide bonds. The summed E-state index contributed by atoms with van der Waals surface area (Å²) in [6.07, 6.45) is -0.301. The molecule has 2 heterocycles. The molecule has 26 heavy (non-hydrogen) atoms. The normalized spacial score (nSPS) is 21.2. The smallest absolute Gasteiger partial charge is 0.325 e. The third-order valence-corrected chi connectivity index (χ3v) is 6.19. The quantitative estimate of drug-likeness (QED) is 0.710. The molecule has 0 aromatic heterocycles. The Morgan fingerprint density at radius 2 is 1.96 bits per heavy atom. The van der Waals surface area contributed by atoms with Crippen molar-refractivity contribution in [2.75, 3.05) is 19.8 Å². The molecule has 2 aliphatic heterocycles. The van der Waals surface area contributed by atoms with Crippen LogP contribution in [0.1, 0.15) is 19.8 Å². The second kappa shape index (κ2) is 7.12.